The van der Waals surface area contributed by atoms with Crippen molar-refractivity contribution in [1.29, 1.82) is 0 Å². The van der Waals surface area contributed by atoms with Crippen LogP contribution in [0.2, 0.25) is 0 Å². The van der Waals surface area contributed by atoms with Crippen LogP contribution in [-0.2, 0) is 0 Å². The largest absolute Gasteiger partial charge is 0.343 e. The molecule has 1 aliphatic rings. The number of aryl methyl sites for hydroxylation is 2. The topological polar surface area (TPSA) is 41.1 Å². The Hall–Kier alpha value is -2.13. The van der Waals surface area contributed by atoms with Crippen LogP contribution < -0.4 is 10.6 Å². The quantitative estimate of drug-likeness (QED) is 0.793. The molecule has 0 aliphatic heterocycles. The van der Waals surface area contributed by atoms with Gasteiger partial charge in [0, 0.05) is 11.1 Å². The fourth-order valence-electron chi connectivity index (χ4n) is 4.49. The minimum Gasteiger partial charge on any atom is -0.343 e. The highest BCUT2D eigenvalue weighted by Gasteiger charge is 2.42. The normalized spacial score (nSPS) is 17.0. The first-order valence-corrected chi connectivity index (χ1v) is 9.74. The van der Waals surface area contributed by atoms with Crippen LogP contribution in [0.25, 0.3) is 0 Å². The fourth-order valence-corrected chi connectivity index (χ4v) is 4.49. The number of carbonyl (C=O) groups excluding carboxylic acids is 1. The van der Waals surface area contributed by atoms with E-state index in [1.165, 1.54) is 18.4 Å². The molecule has 0 heterocycles. The van der Waals surface area contributed by atoms with Crippen molar-refractivity contribution in [2.24, 2.45) is 0 Å². The lowest BCUT2D eigenvalue weighted by atomic mass is 9.83. The predicted molar refractivity (Wildman–Crippen MR) is 107 cm³/mol. The Morgan fingerprint density at radius 1 is 1.00 bits per heavy atom. The Bertz CT molecular complexity index is 728. The molecule has 3 rings (SSSR count). The van der Waals surface area contributed by atoms with Crippen LogP contribution in [0.15, 0.2) is 48.5 Å². The van der Waals surface area contributed by atoms with Gasteiger partial charge in [-0.2, -0.15) is 0 Å². The van der Waals surface area contributed by atoms with E-state index in [1.54, 1.807) is 0 Å². The van der Waals surface area contributed by atoms with Gasteiger partial charge in [-0.3, -0.25) is 4.79 Å². The summed E-state index contributed by atoms with van der Waals surface area (Å²) < 4.78 is 0. The van der Waals surface area contributed by atoms with E-state index in [-0.39, 0.29) is 17.5 Å². The lowest BCUT2D eigenvalue weighted by Crippen LogP contribution is -2.54. The van der Waals surface area contributed by atoms with Crippen molar-refractivity contribution in [3.63, 3.8) is 0 Å². The van der Waals surface area contributed by atoms with Gasteiger partial charge >= 0.3 is 0 Å². The summed E-state index contributed by atoms with van der Waals surface area (Å²) >= 11 is 0. The van der Waals surface area contributed by atoms with Gasteiger partial charge in [0.05, 0.1) is 6.04 Å². The second-order valence-corrected chi connectivity index (χ2v) is 7.48. The third-order valence-corrected chi connectivity index (χ3v) is 5.69. The maximum atomic E-state index is 13.2. The molecule has 1 aliphatic carbocycles. The molecule has 0 bridgehead atoms. The Morgan fingerprint density at radius 2 is 1.62 bits per heavy atom. The summed E-state index contributed by atoms with van der Waals surface area (Å²) in [4.78, 5) is 13.2. The van der Waals surface area contributed by atoms with Crippen molar-refractivity contribution in [2.75, 3.05) is 6.54 Å². The van der Waals surface area contributed by atoms with E-state index in [4.69, 9.17) is 0 Å². The summed E-state index contributed by atoms with van der Waals surface area (Å²) in [6, 6.07) is 16.4. The number of carbonyl (C=O) groups is 1. The minimum atomic E-state index is -0.0671. The zero-order valence-corrected chi connectivity index (χ0v) is 16.1. The van der Waals surface area contributed by atoms with Crippen molar-refractivity contribution in [1.82, 2.24) is 10.6 Å². The zero-order valence-electron chi connectivity index (χ0n) is 16.1. The minimum absolute atomic E-state index is 0.0265. The molecule has 3 nitrogen and oxygen atoms in total. The Kier molecular flexibility index (Phi) is 5.77. The molecule has 1 amide bonds. The SMILES string of the molecule is CCNC1(C(NC(=O)c2c(C)cccc2C)c2ccccc2)CCCC1. The summed E-state index contributed by atoms with van der Waals surface area (Å²) in [6.45, 7) is 7.07. The molecule has 3 heteroatoms. The second kappa shape index (κ2) is 8.05. The van der Waals surface area contributed by atoms with Gasteiger partial charge in [-0.25, -0.2) is 0 Å². The van der Waals surface area contributed by atoms with E-state index in [0.29, 0.717) is 0 Å². The summed E-state index contributed by atoms with van der Waals surface area (Å²) in [5.41, 5.74) is 3.96. The van der Waals surface area contributed by atoms with Gasteiger partial charge in [-0.1, -0.05) is 68.3 Å². The first kappa shape index (κ1) is 18.7. The smallest absolute Gasteiger partial charge is 0.252 e. The van der Waals surface area contributed by atoms with Gasteiger partial charge in [0.2, 0.25) is 0 Å². The molecule has 1 fully saturated rings. The molecular formula is C23H30N2O. The highest BCUT2D eigenvalue weighted by atomic mass is 16.1. The van der Waals surface area contributed by atoms with Gasteiger partial charge in [0.1, 0.15) is 0 Å². The number of hydrogen-bond donors (Lipinski definition) is 2. The zero-order chi connectivity index (χ0) is 18.6. The number of rotatable bonds is 6. The van der Waals surface area contributed by atoms with Gasteiger partial charge in [-0.15, -0.1) is 0 Å². The highest BCUT2D eigenvalue weighted by Crippen LogP contribution is 2.40. The number of nitrogens with one attached hydrogen (secondary N) is 2. The maximum absolute atomic E-state index is 13.2. The number of amides is 1. The summed E-state index contributed by atoms with van der Waals surface area (Å²) in [7, 11) is 0. The second-order valence-electron chi connectivity index (χ2n) is 7.48. The van der Waals surface area contributed by atoms with Gasteiger partial charge in [-0.05, 0) is 49.9 Å². The average Bonchev–Trinajstić information content (AvgIpc) is 3.10. The van der Waals surface area contributed by atoms with Gasteiger partial charge in [0.15, 0.2) is 0 Å². The van der Waals surface area contributed by atoms with Crippen LogP contribution in [0.3, 0.4) is 0 Å². The standard InChI is InChI=1S/C23H30N2O/c1-4-24-23(15-8-9-16-23)21(19-13-6-5-7-14-19)25-22(26)20-17(2)11-10-12-18(20)3/h5-7,10-14,21,24H,4,8-9,15-16H2,1-3H3,(H,25,26). The first-order chi connectivity index (χ1) is 12.6. The Labute approximate surface area is 157 Å². The van der Waals surface area contributed by atoms with Gasteiger partial charge < -0.3 is 10.6 Å². The van der Waals surface area contributed by atoms with Crippen LogP contribution in [0.4, 0.5) is 0 Å². The molecule has 1 saturated carbocycles. The summed E-state index contributed by atoms with van der Waals surface area (Å²) in [6.07, 6.45) is 4.59. The fraction of sp³-hybridized carbons (Fsp3) is 0.435. The number of likely N-dealkylation sites (N-methyl/N-ethyl adjacent to an activating group) is 1. The highest BCUT2D eigenvalue weighted by molar-refractivity contribution is 5.97. The van der Waals surface area contributed by atoms with E-state index in [0.717, 1.165) is 36.1 Å². The Balaban J connectivity index is 1.98. The summed E-state index contributed by atoms with van der Waals surface area (Å²) in [5.74, 6) is 0.0265. The van der Waals surface area contributed by atoms with Crippen LogP contribution in [0.5, 0.6) is 0 Å². The van der Waals surface area contributed by atoms with E-state index < -0.39 is 0 Å². The lowest BCUT2D eigenvalue weighted by molar-refractivity contribution is 0.0899. The van der Waals surface area contributed by atoms with Crippen LogP contribution >= 0.6 is 0 Å². The monoisotopic (exact) mass is 350 g/mol. The lowest BCUT2D eigenvalue weighted by Gasteiger charge is -2.39. The van der Waals surface area contributed by atoms with Crippen LogP contribution in [0, 0.1) is 13.8 Å². The predicted octanol–water partition coefficient (Wildman–Crippen LogP) is 4.70. The first-order valence-electron chi connectivity index (χ1n) is 9.74. The molecule has 1 unspecified atom stereocenters. The molecule has 26 heavy (non-hydrogen) atoms. The average molecular weight is 351 g/mol. The molecule has 2 aromatic carbocycles. The van der Waals surface area contributed by atoms with E-state index >= 15 is 0 Å². The van der Waals surface area contributed by atoms with Gasteiger partial charge in [0.25, 0.3) is 5.91 Å². The third-order valence-electron chi connectivity index (χ3n) is 5.69. The van der Waals surface area contributed by atoms with Crippen molar-refractivity contribution >= 4 is 5.91 Å². The van der Waals surface area contributed by atoms with Crippen LogP contribution in [-0.4, -0.2) is 18.0 Å². The molecule has 2 aromatic rings. The molecule has 0 spiro atoms. The molecule has 138 valence electrons. The molecule has 0 saturated heterocycles. The van der Waals surface area contributed by atoms with E-state index in [1.807, 2.05) is 38.1 Å². The van der Waals surface area contributed by atoms with Crippen molar-refractivity contribution < 1.29 is 4.79 Å². The van der Waals surface area contributed by atoms with Crippen molar-refractivity contribution in [3.8, 4) is 0 Å². The maximum Gasteiger partial charge on any atom is 0.252 e. The van der Waals surface area contributed by atoms with Crippen molar-refractivity contribution in [2.45, 2.75) is 58.0 Å². The third kappa shape index (κ3) is 3.68. The van der Waals surface area contributed by atoms with Crippen LogP contribution in [0.1, 0.15) is 65.7 Å². The number of benzene rings is 2. The van der Waals surface area contributed by atoms with E-state index in [9.17, 15) is 4.79 Å². The molecule has 2 N–H and O–H groups in total. The molecule has 1 atom stereocenters. The molecule has 0 aromatic heterocycles. The number of hydrogen-bond acceptors (Lipinski definition) is 2. The Morgan fingerprint density at radius 3 is 2.19 bits per heavy atom. The van der Waals surface area contributed by atoms with Crippen molar-refractivity contribution in [3.05, 3.63) is 70.8 Å². The molecular weight excluding hydrogens is 320 g/mol. The summed E-state index contributed by atoms with van der Waals surface area (Å²) in [5, 5.41) is 7.13. The van der Waals surface area contributed by atoms with E-state index in [2.05, 4.69) is 41.8 Å². The molecule has 0 radical (unpaired) electrons.